The van der Waals surface area contributed by atoms with Crippen molar-refractivity contribution in [1.29, 1.82) is 0 Å². The van der Waals surface area contributed by atoms with E-state index in [1.165, 1.54) is 32.0 Å². The first-order valence-corrected chi connectivity index (χ1v) is 6.14. The molecule has 1 saturated carbocycles. The highest BCUT2D eigenvalue weighted by atomic mass is 16.1. The van der Waals surface area contributed by atoms with E-state index in [-0.39, 0.29) is 0 Å². The first-order chi connectivity index (χ1) is 6.69. The number of hydrogen-bond acceptors (Lipinski definition) is 1. The van der Waals surface area contributed by atoms with Crippen LogP contribution in [-0.4, -0.2) is 6.29 Å². The maximum Gasteiger partial charge on any atom is 0.123 e. The molecule has 0 spiro atoms. The molecule has 14 heavy (non-hydrogen) atoms. The van der Waals surface area contributed by atoms with E-state index in [9.17, 15) is 4.79 Å². The minimum absolute atomic E-state index is 0.330. The Hall–Kier alpha value is -0.330. The molecule has 1 aliphatic rings. The SMILES string of the molecule is CCC(C=O)C1CCCC(C(C)C)C1. The summed E-state index contributed by atoms with van der Waals surface area (Å²) < 4.78 is 0. The van der Waals surface area contributed by atoms with Crippen LogP contribution in [0.4, 0.5) is 0 Å². The lowest BCUT2D eigenvalue weighted by molar-refractivity contribution is -0.113. The Bertz CT molecular complexity index is 174. The highest BCUT2D eigenvalue weighted by Crippen LogP contribution is 2.37. The predicted octanol–water partition coefficient (Wildman–Crippen LogP) is 3.67. The number of carbonyl (C=O) groups excluding carboxylic acids is 1. The molecule has 0 aromatic heterocycles. The van der Waals surface area contributed by atoms with Crippen LogP contribution in [0.3, 0.4) is 0 Å². The minimum Gasteiger partial charge on any atom is -0.303 e. The fourth-order valence-corrected chi connectivity index (χ4v) is 2.80. The molecular weight excluding hydrogens is 172 g/mol. The van der Waals surface area contributed by atoms with Gasteiger partial charge in [-0.15, -0.1) is 0 Å². The quantitative estimate of drug-likeness (QED) is 0.627. The molecule has 0 heterocycles. The third-order valence-electron chi connectivity index (χ3n) is 3.95. The number of aldehydes is 1. The van der Waals surface area contributed by atoms with Gasteiger partial charge in [0.25, 0.3) is 0 Å². The van der Waals surface area contributed by atoms with Crippen LogP contribution in [-0.2, 0) is 4.79 Å². The Morgan fingerprint density at radius 1 is 1.29 bits per heavy atom. The van der Waals surface area contributed by atoms with E-state index in [0.29, 0.717) is 11.8 Å². The maximum atomic E-state index is 10.9. The molecule has 1 heteroatoms. The molecule has 0 radical (unpaired) electrons. The Balaban J connectivity index is 2.50. The van der Waals surface area contributed by atoms with Crippen LogP contribution >= 0.6 is 0 Å². The molecule has 0 aliphatic heterocycles. The van der Waals surface area contributed by atoms with Crippen molar-refractivity contribution in [3.63, 3.8) is 0 Å². The fourth-order valence-electron chi connectivity index (χ4n) is 2.80. The Labute approximate surface area is 88.3 Å². The van der Waals surface area contributed by atoms with Crippen LogP contribution in [0, 0.1) is 23.7 Å². The second kappa shape index (κ2) is 5.53. The summed E-state index contributed by atoms with van der Waals surface area (Å²) in [6.45, 7) is 6.77. The summed E-state index contributed by atoms with van der Waals surface area (Å²) >= 11 is 0. The van der Waals surface area contributed by atoms with Crippen molar-refractivity contribution in [3.8, 4) is 0 Å². The molecule has 1 aliphatic carbocycles. The second-order valence-electron chi connectivity index (χ2n) is 5.14. The topological polar surface area (TPSA) is 17.1 Å². The Morgan fingerprint density at radius 2 is 1.93 bits per heavy atom. The molecule has 82 valence electrons. The van der Waals surface area contributed by atoms with Gasteiger partial charge in [-0.3, -0.25) is 0 Å². The molecule has 3 atom stereocenters. The van der Waals surface area contributed by atoms with Gasteiger partial charge in [0, 0.05) is 5.92 Å². The largest absolute Gasteiger partial charge is 0.303 e. The van der Waals surface area contributed by atoms with E-state index in [2.05, 4.69) is 20.8 Å². The van der Waals surface area contributed by atoms with Crippen LogP contribution in [0.5, 0.6) is 0 Å². The first-order valence-electron chi connectivity index (χ1n) is 6.14. The van der Waals surface area contributed by atoms with Crippen molar-refractivity contribution < 1.29 is 4.79 Å². The van der Waals surface area contributed by atoms with Gasteiger partial charge < -0.3 is 4.79 Å². The van der Waals surface area contributed by atoms with Gasteiger partial charge in [0.1, 0.15) is 6.29 Å². The van der Waals surface area contributed by atoms with Gasteiger partial charge in [0.2, 0.25) is 0 Å². The highest BCUT2D eigenvalue weighted by Gasteiger charge is 2.28. The lowest BCUT2D eigenvalue weighted by Crippen LogP contribution is -2.25. The zero-order chi connectivity index (χ0) is 10.6. The average Bonchev–Trinajstić information content (AvgIpc) is 2.20. The minimum atomic E-state index is 0.330. The normalized spacial score (nSPS) is 30.3. The average molecular weight is 196 g/mol. The van der Waals surface area contributed by atoms with Gasteiger partial charge in [-0.1, -0.05) is 33.6 Å². The standard InChI is InChI=1S/C13H24O/c1-4-11(9-14)13-7-5-6-12(8-13)10(2)3/h9-13H,4-8H2,1-3H3. The summed E-state index contributed by atoms with van der Waals surface area (Å²) in [5.41, 5.74) is 0. The van der Waals surface area contributed by atoms with Gasteiger partial charge in [-0.2, -0.15) is 0 Å². The molecular formula is C13H24O. The number of rotatable bonds is 4. The highest BCUT2D eigenvalue weighted by molar-refractivity contribution is 5.53. The molecule has 3 unspecified atom stereocenters. The molecule has 1 nitrogen and oxygen atoms in total. The number of hydrogen-bond donors (Lipinski definition) is 0. The Morgan fingerprint density at radius 3 is 2.43 bits per heavy atom. The van der Waals surface area contributed by atoms with Crippen molar-refractivity contribution >= 4 is 6.29 Å². The molecule has 0 N–H and O–H groups in total. The monoisotopic (exact) mass is 196 g/mol. The van der Waals surface area contributed by atoms with Crippen molar-refractivity contribution in [2.75, 3.05) is 0 Å². The van der Waals surface area contributed by atoms with Crippen molar-refractivity contribution in [1.82, 2.24) is 0 Å². The van der Waals surface area contributed by atoms with Crippen LogP contribution in [0.25, 0.3) is 0 Å². The predicted molar refractivity (Wildman–Crippen MR) is 60.1 cm³/mol. The van der Waals surface area contributed by atoms with E-state index in [1.807, 2.05) is 0 Å². The maximum absolute atomic E-state index is 10.9. The van der Waals surface area contributed by atoms with Crippen LogP contribution in [0.1, 0.15) is 52.9 Å². The Kier molecular flexibility index (Phi) is 4.64. The van der Waals surface area contributed by atoms with Crippen LogP contribution in [0.2, 0.25) is 0 Å². The van der Waals surface area contributed by atoms with E-state index in [4.69, 9.17) is 0 Å². The summed E-state index contributed by atoms with van der Waals surface area (Å²) in [5.74, 6) is 2.67. The molecule has 1 fully saturated rings. The fraction of sp³-hybridized carbons (Fsp3) is 0.923. The van der Waals surface area contributed by atoms with Gasteiger partial charge in [-0.05, 0) is 37.0 Å². The molecule has 0 aromatic carbocycles. The summed E-state index contributed by atoms with van der Waals surface area (Å²) in [5, 5.41) is 0. The lowest BCUT2D eigenvalue weighted by atomic mass is 9.71. The van der Waals surface area contributed by atoms with Crippen molar-refractivity contribution in [3.05, 3.63) is 0 Å². The third-order valence-corrected chi connectivity index (χ3v) is 3.95. The second-order valence-corrected chi connectivity index (χ2v) is 5.14. The smallest absolute Gasteiger partial charge is 0.123 e. The molecule has 0 bridgehead atoms. The van der Waals surface area contributed by atoms with Gasteiger partial charge in [0.15, 0.2) is 0 Å². The van der Waals surface area contributed by atoms with Crippen molar-refractivity contribution in [2.45, 2.75) is 52.9 Å². The van der Waals surface area contributed by atoms with E-state index in [0.717, 1.165) is 18.3 Å². The van der Waals surface area contributed by atoms with E-state index < -0.39 is 0 Å². The van der Waals surface area contributed by atoms with Crippen LogP contribution in [0.15, 0.2) is 0 Å². The number of carbonyl (C=O) groups is 1. The summed E-state index contributed by atoms with van der Waals surface area (Å²) in [6, 6.07) is 0. The molecule has 0 aromatic rings. The molecule has 0 amide bonds. The summed E-state index contributed by atoms with van der Waals surface area (Å²) in [4.78, 5) is 10.9. The third kappa shape index (κ3) is 2.83. The summed E-state index contributed by atoms with van der Waals surface area (Å²) in [7, 11) is 0. The van der Waals surface area contributed by atoms with Gasteiger partial charge in [0.05, 0.1) is 0 Å². The zero-order valence-corrected chi connectivity index (χ0v) is 9.83. The van der Waals surface area contributed by atoms with Crippen LogP contribution < -0.4 is 0 Å². The first kappa shape index (κ1) is 11.7. The lowest BCUT2D eigenvalue weighted by Gasteiger charge is -2.34. The molecule has 1 rings (SSSR count). The van der Waals surface area contributed by atoms with Gasteiger partial charge in [-0.25, -0.2) is 0 Å². The van der Waals surface area contributed by atoms with E-state index in [1.54, 1.807) is 0 Å². The molecule has 0 saturated heterocycles. The van der Waals surface area contributed by atoms with E-state index >= 15 is 0 Å². The van der Waals surface area contributed by atoms with Crippen molar-refractivity contribution in [2.24, 2.45) is 23.7 Å². The zero-order valence-electron chi connectivity index (χ0n) is 9.83. The van der Waals surface area contributed by atoms with Gasteiger partial charge >= 0.3 is 0 Å². The summed E-state index contributed by atoms with van der Waals surface area (Å²) in [6.07, 6.45) is 7.49.